The maximum atomic E-state index is 4.32. The first-order chi connectivity index (χ1) is 9.28. The number of hydrogen-bond donors (Lipinski definition) is 2. The number of benzene rings is 1. The minimum atomic E-state index is 0.745. The predicted octanol–water partition coefficient (Wildman–Crippen LogP) is 3.13. The van der Waals surface area contributed by atoms with Crippen molar-refractivity contribution in [3.05, 3.63) is 36.2 Å². The van der Waals surface area contributed by atoms with Gasteiger partial charge in [0.25, 0.3) is 0 Å². The van der Waals surface area contributed by atoms with Crippen molar-refractivity contribution in [3.63, 3.8) is 0 Å². The van der Waals surface area contributed by atoms with Crippen molar-refractivity contribution in [1.29, 1.82) is 0 Å². The molecule has 3 aromatic rings. The van der Waals surface area contributed by atoms with Crippen molar-refractivity contribution < 1.29 is 0 Å². The van der Waals surface area contributed by atoms with Crippen LogP contribution >= 0.6 is 11.8 Å². The van der Waals surface area contributed by atoms with Crippen molar-refractivity contribution in [1.82, 2.24) is 20.2 Å². The Labute approximate surface area is 114 Å². The number of aromatic amines is 1. The Bertz CT molecular complexity index is 722. The summed E-state index contributed by atoms with van der Waals surface area (Å²) in [6, 6.07) is 8.17. The van der Waals surface area contributed by atoms with Gasteiger partial charge in [0.15, 0.2) is 5.65 Å². The van der Waals surface area contributed by atoms with Gasteiger partial charge in [0, 0.05) is 5.69 Å². The van der Waals surface area contributed by atoms with Gasteiger partial charge < -0.3 is 5.32 Å². The largest absolute Gasteiger partial charge is 0.339 e. The Kier molecular flexibility index (Phi) is 3.08. The molecule has 0 saturated carbocycles. The number of aryl methyl sites for hydroxylation is 1. The third-order valence-electron chi connectivity index (χ3n) is 2.80. The second-order valence-electron chi connectivity index (χ2n) is 4.17. The van der Waals surface area contributed by atoms with Gasteiger partial charge in [-0.25, -0.2) is 9.97 Å². The number of anilines is 2. The van der Waals surface area contributed by atoms with Crippen LogP contribution in [0.3, 0.4) is 0 Å². The normalized spacial score (nSPS) is 10.8. The highest BCUT2D eigenvalue weighted by Gasteiger charge is 2.12. The number of aromatic nitrogens is 4. The van der Waals surface area contributed by atoms with Crippen molar-refractivity contribution in [2.24, 2.45) is 0 Å². The summed E-state index contributed by atoms with van der Waals surface area (Å²) in [6.45, 7) is 2.06. The molecular weight excluding hydrogens is 258 g/mol. The first-order valence-corrected chi connectivity index (χ1v) is 7.07. The van der Waals surface area contributed by atoms with Gasteiger partial charge in [-0.3, -0.25) is 5.10 Å². The number of nitrogens with one attached hydrogen (secondary N) is 2. The molecule has 2 N–H and O–H groups in total. The van der Waals surface area contributed by atoms with Gasteiger partial charge in [0.05, 0.1) is 5.39 Å². The highest BCUT2D eigenvalue weighted by atomic mass is 32.2. The molecule has 0 radical (unpaired) electrons. The number of hydrogen-bond acceptors (Lipinski definition) is 5. The topological polar surface area (TPSA) is 66.5 Å². The minimum Gasteiger partial charge on any atom is -0.339 e. The van der Waals surface area contributed by atoms with Crippen LogP contribution in [0.4, 0.5) is 11.5 Å². The lowest BCUT2D eigenvalue weighted by Gasteiger charge is -2.07. The molecule has 0 atom stereocenters. The van der Waals surface area contributed by atoms with Gasteiger partial charge in [0.2, 0.25) is 0 Å². The SMILES string of the molecule is CSc1n[nH]c2ncnc(Nc3cccc(C)c3)c12. The minimum absolute atomic E-state index is 0.745. The maximum absolute atomic E-state index is 4.32. The average molecular weight is 271 g/mol. The van der Waals surface area contributed by atoms with Crippen molar-refractivity contribution in [2.45, 2.75) is 11.9 Å². The molecule has 19 heavy (non-hydrogen) atoms. The molecule has 2 aromatic heterocycles. The van der Waals surface area contributed by atoms with Gasteiger partial charge in [-0.1, -0.05) is 12.1 Å². The van der Waals surface area contributed by atoms with Crippen LogP contribution in [-0.4, -0.2) is 26.4 Å². The average Bonchev–Trinajstić information content (AvgIpc) is 2.83. The fourth-order valence-corrected chi connectivity index (χ4v) is 2.47. The van der Waals surface area contributed by atoms with E-state index in [-0.39, 0.29) is 0 Å². The third kappa shape index (κ3) is 2.26. The van der Waals surface area contributed by atoms with E-state index >= 15 is 0 Å². The molecule has 0 fully saturated rings. The molecule has 96 valence electrons. The molecule has 0 aliphatic rings. The van der Waals surface area contributed by atoms with E-state index in [4.69, 9.17) is 0 Å². The molecule has 5 nitrogen and oxygen atoms in total. The molecule has 1 aromatic carbocycles. The molecule has 0 aliphatic heterocycles. The summed E-state index contributed by atoms with van der Waals surface area (Å²) < 4.78 is 0. The van der Waals surface area contributed by atoms with E-state index in [1.54, 1.807) is 11.8 Å². The quantitative estimate of drug-likeness (QED) is 0.716. The maximum Gasteiger partial charge on any atom is 0.161 e. The van der Waals surface area contributed by atoms with Crippen molar-refractivity contribution in [3.8, 4) is 0 Å². The highest BCUT2D eigenvalue weighted by molar-refractivity contribution is 7.98. The second kappa shape index (κ2) is 4.89. The number of nitrogens with zero attached hydrogens (tertiary/aromatic N) is 3. The monoisotopic (exact) mass is 271 g/mol. The van der Waals surface area contributed by atoms with Crippen LogP contribution in [-0.2, 0) is 0 Å². The summed E-state index contributed by atoms with van der Waals surface area (Å²) in [5.74, 6) is 0.772. The summed E-state index contributed by atoms with van der Waals surface area (Å²) in [4.78, 5) is 8.50. The van der Waals surface area contributed by atoms with Crippen molar-refractivity contribution >= 4 is 34.3 Å². The molecule has 0 unspecified atom stereocenters. The Balaban J connectivity index is 2.07. The van der Waals surface area contributed by atoms with Gasteiger partial charge in [-0.2, -0.15) is 5.10 Å². The van der Waals surface area contributed by atoms with Crippen LogP contribution in [0, 0.1) is 6.92 Å². The van der Waals surface area contributed by atoms with Gasteiger partial charge >= 0.3 is 0 Å². The van der Waals surface area contributed by atoms with Crippen LogP contribution in [0.15, 0.2) is 35.6 Å². The smallest absolute Gasteiger partial charge is 0.161 e. The van der Waals surface area contributed by atoms with Crippen LogP contribution in [0.2, 0.25) is 0 Å². The number of thioether (sulfide) groups is 1. The van der Waals surface area contributed by atoms with Gasteiger partial charge in [-0.05, 0) is 30.9 Å². The Morgan fingerprint density at radius 2 is 2.16 bits per heavy atom. The Morgan fingerprint density at radius 1 is 1.26 bits per heavy atom. The number of fused-ring (bicyclic) bond motifs is 1. The van der Waals surface area contributed by atoms with E-state index in [1.165, 1.54) is 11.9 Å². The fraction of sp³-hybridized carbons (Fsp3) is 0.154. The first-order valence-electron chi connectivity index (χ1n) is 5.84. The molecule has 0 amide bonds. The van der Waals surface area contributed by atoms with Gasteiger partial charge in [0.1, 0.15) is 17.2 Å². The Hall–Kier alpha value is -2.08. The van der Waals surface area contributed by atoms with Crippen LogP contribution < -0.4 is 5.32 Å². The van der Waals surface area contributed by atoms with E-state index in [0.29, 0.717) is 0 Å². The van der Waals surface area contributed by atoms with E-state index in [2.05, 4.69) is 44.5 Å². The molecule has 6 heteroatoms. The van der Waals surface area contributed by atoms with E-state index in [1.807, 2.05) is 18.4 Å². The van der Waals surface area contributed by atoms with Crippen LogP contribution in [0.5, 0.6) is 0 Å². The fourth-order valence-electron chi connectivity index (χ4n) is 1.93. The van der Waals surface area contributed by atoms with Crippen molar-refractivity contribution in [2.75, 3.05) is 11.6 Å². The lowest BCUT2D eigenvalue weighted by atomic mass is 10.2. The zero-order valence-corrected chi connectivity index (χ0v) is 11.5. The number of rotatable bonds is 3. The summed E-state index contributed by atoms with van der Waals surface area (Å²) in [5.41, 5.74) is 2.95. The molecule has 0 saturated heterocycles. The lowest BCUT2D eigenvalue weighted by Crippen LogP contribution is -1.95. The first kappa shape index (κ1) is 12.0. The van der Waals surface area contributed by atoms with E-state index in [0.717, 1.165) is 27.6 Å². The lowest BCUT2D eigenvalue weighted by molar-refractivity contribution is 1.02. The highest BCUT2D eigenvalue weighted by Crippen LogP contribution is 2.29. The molecule has 0 spiro atoms. The van der Waals surface area contributed by atoms with E-state index < -0.39 is 0 Å². The predicted molar refractivity (Wildman–Crippen MR) is 77.9 cm³/mol. The molecular formula is C13H13N5S. The number of H-pyrrole nitrogens is 1. The third-order valence-corrected chi connectivity index (χ3v) is 3.48. The zero-order valence-electron chi connectivity index (χ0n) is 10.6. The summed E-state index contributed by atoms with van der Waals surface area (Å²) >= 11 is 1.57. The Morgan fingerprint density at radius 3 is 2.95 bits per heavy atom. The van der Waals surface area contributed by atoms with Crippen LogP contribution in [0.25, 0.3) is 11.0 Å². The standard InChI is InChI=1S/C13H13N5S/c1-8-4-3-5-9(6-8)16-11-10-12(15-7-14-11)17-18-13(10)19-2/h3-7H,1-2H3,(H2,14,15,16,17,18). The summed E-state index contributed by atoms with van der Waals surface area (Å²) in [6.07, 6.45) is 3.52. The second-order valence-corrected chi connectivity index (χ2v) is 4.97. The van der Waals surface area contributed by atoms with Crippen LogP contribution in [0.1, 0.15) is 5.56 Å². The summed E-state index contributed by atoms with van der Waals surface area (Å²) in [7, 11) is 0. The molecule has 2 heterocycles. The van der Waals surface area contributed by atoms with Gasteiger partial charge in [-0.15, -0.1) is 11.8 Å². The summed E-state index contributed by atoms with van der Waals surface area (Å²) in [5, 5.41) is 12.3. The molecule has 3 rings (SSSR count). The van der Waals surface area contributed by atoms with E-state index in [9.17, 15) is 0 Å². The molecule has 0 bridgehead atoms. The molecule has 0 aliphatic carbocycles. The zero-order chi connectivity index (χ0) is 13.2.